The van der Waals surface area contributed by atoms with Gasteiger partial charge in [0.25, 0.3) is 0 Å². The standard InChI is InChI=1S/C73H144N4O17P2/c1-7-12-17-22-25-28-30-33-35-40-45-50-70(79)76-66(61-87-57-53-68(93-65(6)78)48-43-38-20-15-10-4)63-91-95(83,84)89-59-55-74-73(82)75-56-60-90-96(85,86)92-64-67(77-71(80)51-46-41-36-34-31-29-26-23-18-13-8-2)62-88-58-54-69(49-44-39-21-16-11-5)94-72(81)52-47-42-37-32-27-24-19-14-9-3/h66-69H,7-64H2,1-6H3,(H,76,79)(H,77,80)(H,83,84)(H,85,86)(H2,74,75,82)/t66-,67-,68-,69-/m1/s1. The van der Waals surface area contributed by atoms with Crippen LogP contribution in [0.3, 0.4) is 0 Å². The Morgan fingerprint density at radius 2 is 0.635 bits per heavy atom. The molecule has 0 aromatic carbocycles. The molecule has 0 saturated heterocycles. The molecule has 96 heavy (non-hydrogen) atoms. The number of ether oxygens (including phenoxy) is 4. The molecule has 0 aliphatic heterocycles. The van der Waals surface area contributed by atoms with Crippen molar-refractivity contribution >= 4 is 45.4 Å². The van der Waals surface area contributed by atoms with E-state index in [2.05, 4.69) is 55.9 Å². The quantitative estimate of drug-likeness (QED) is 0.0187. The summed E-state index contributed by atoms with van der Waals surface area (Å²) in [6.45, 7) is 10.7. The highest BCUT2D eigenvalue weighted by molar-refractivity contribution is 7.47. The first-order chi connectivity index (χ1) is 46.5. The molecule has 0 saturated carbocycles. The van der Waals surface area contributed by atoms with Crippen molar-refractivity contribution in [1.82, 2.24) is 21.3 Å². The number of esters is 2. The van der Waals surface area contributed by atoms with Crippen LogP contribution in [0.5, 0.6) is 0 Å². The summed E-state index contributed by atoms with van der Waals surface area (Å²) in [5.74, 6) is -1.03. The second kappa shape index (κ2) is 68.1. The average molecular weight is 1410 g/mol. The number of phosphoric acid groups is 2. The van der Waals surface area contributed by atoms with E-state index in [1.165, 1.54) is 135 Å². The molecule has 568 valence electrons. The zero-order valence-corrected chi connectivity index (χ0v) is 63.5. The predicted molar refractivity (Wildman–Crippen MR) is 386 cm³/mol. The summed E-state index contributed by atoms with van der Waals surface area (Å²) < 4.78 is 70.6. The van der Waals surface area contributed by atoms with Crippen molar-refractivity contribution in [3.63, 3.8) is 0 Å². The molecular formula is C73H144N4O17P2. The molecule has 2 unspecified atom stereocenters. The first-order valence-corrected chi connectivity index (χ1v) is 41.8. The lowest BCUT2D eigenvalue weighted by atomic mass is 10.1. The molecule has 0 aliphatic rings. The van der Waals surface area contributed by atoms with E-state index in [4.69, 9.17) is 37.0 Å². The first kappa shape index (κ1) is 93.3. The minimum absolute atomic E-state index is 0.0306. The third kappa shape index (κ3) is 65.9. The number of amides is 4. The van der Waals surface area contributed by atoms with E-state index in [-0.39, 0.29) is 88.3 Å². The lowest BCUT2D eigenvalue weighted by molar-refractivity contribution is -0.151. The van der Waals surface area contributed by atoms with Crippen LogP contribution >= 0.6 is 15.6 Å². The Kier molecular flexibility index (Phi) is 66.2. The lowest BCUT2D eigenvalue weighted by Gasteiger charge is -2.22. The number of carbonyl (C=O) groups excluding carboxylic acids is 5. The molecular weight excluding hydrogens is 1270 g/mol. The number of nitrogens with one attached hydrogen (secondary N) is 4. The van der Waals surface area contributed by atoms with Crippen LogP contribution in [0.2, 0.25) is 0 Å². The Bertz CT molecular complexity index is 1930. The zero-order chi connectivity index (χ0) is 70.7. The van der Waals surface area contributed by atoms with E-state index in [1.54, 1.807) is 0 Å². The van der Waals surface area contributed by atoms with Crippen LogP contribution in [0, 0.1) is 0 Å². The van der Waals surface area contributed by atoms with Crippen molar-refractivity contribution in [2.45, 2.75) is 374 Å². The average Bonchev–Trinajstić information content (AvgIpc) is 2.91. The molecule has 0 aromatic rings. The van der Waals surface area contributed by atoms with Crippen molar-refractivity contribution in [2.75, 3.05) is 65.9 Å². The molecule has 0 radical (unpaired) electrons. The lowest BCUT2D eigenvalue weighted by Crippen LogP contribution is -2.41. The molecule has 0 rings (SSSR count). The number of urea groups is 1. The van der Waals surface area contributed by atoms with Gasteiger partial charge in [0.1, 0.15) is 12.2 Å². The van der Waals surface area contributed by atoms with Gasteiger partial charge in [0.2, 0.25) is 11.8 Å². The summed E-state index contributed by atoms with van der Waals surface area (Å²) in [7, 11) is -9.37. The van der Waals surface area contributed by atoms with Gasteiger partial charge in [-0.05, 0) is 44.9 Å². The van der Waals surface area contributed by atoms with Crippen molar-refractivity contribution in [1.29, 1.82) is 0 Å². The van der Waals surface area contributed by atoms with Crippen LogP contribution in [0.4, 0.5) is 4.79 Å². The highest BCUT2D eigenvalue weighted by atomic mass is 31.2. The number of phosphoric ester groups is 2. The molecule has 6 atom stereocenters. The molecule has 21 nitrogen and oxygen atoms in total. The van der Waals surface area contributed by atoms with Gasteiger partial charge in [-0.2, -0.15) is 0 Å². The zero-order valence-electron chi connectivity index (χ0n) is 61.7. The monoisotopic (exact) mass is 1410 g/mol. The van der Waals surface area contributed by atoms with Crippen molar-refractivity contribution < 1.29 is 79.9 Å². The minimum Gasteiger partial charge on any atom is -0.462 e. The third-order valence-electron chi connectivity index (χ3n) is 17.1. The van der Waals surface area contributed by atoms with Crippen LogP contribution in [0.15, 0.2) is 0 Å². The predicted octanol–water partition coefficient (Wildman–Crippen LogP) is 18.2. The molecule has 0 aliphatic carbocycles. The van der Waals surface area contributed by atoms with Crippen LogP contribution in [-0.2, 0) is 65.4 Å². The first-order valence-electron chi connectivity index (χ1n) is 38.9. The Hall–Kier alpha value is -2.71. The molecule has 0 bridgehead atoms. The van der Waals surface area contributed by atoms with E-state index >= 15 is 0 Å². The van der Waals surface area contributed by atoms with Crippen LogP contribution in [-0.4, -0.2) is 130 Å². The summed E-state index contributed by atoms with van der Waals surface area (Å²) >= 11 is 0. The van der Waals surface area contributed by atoms with Gasteiger partial charge in [-0.15, -0.1) is 0 Å². The molecule has 23 heteroatoms. The molecule has 4 amide bonds. The summed E-state index contributed by atoms with van der Waals surface area (Å²) in [5.41, 5.74) is 0. The highest BCUT2D eigenvalue weighted by Gasteiger charge is 2.27. The number of unbranched alkanes of at least 4 members (excludes halogenated alkanes) is 36. The smallest absolute Gasteiger partial charge is 0.462 e. The molecule has 0 aromatic heterocycles. The third-order valence-corrected chi connectivity index (χ3v) is 19.1. The van der Waals surface area contributed by atoms with Crippen molar-refractivity contribution in [3.05, 3.63) is 0 Å². The van der Waals surface area contributed by atoms with Crippen molar-refractivity contribution in [2.24, 2.45) is 0 Å². The van der Waals surface area contributed by atoms with Gasteiger partial charge in [0.15, 0.2) is 0 Å². The van der Waals surface area contributed by atoms with Crippen LogP contribution < -0.4 is 21.3 Å². The van der Waals surface area contributed by atoms with Crippen LogP contribution in [0.25, 0.3) is 0 Å². The van der Waals surface area contributed by atoms with Gasteiger partial charge < -0.3 is 50.0 Å². The summed E-state index contributed by atoms with van der Waals surface area (Å²) in [5, 5.41) is 10.7. The summed E-state index contributed by atoms with van der Waals surface area (Å²) in [6.07, 6.45) is 49.0. The molecule has 0 fully saturated rings. The maximum atomic E-state index is 13.2. The number of hydrogen-bond donors (Lipinski definition) is 6. The highest BCUT2D eigenvalue weighted by Crippen LogP contribution is 2.44. The molecule has 0 spiro atoms. The minimum atomic E-state index is -4.69. The molecule has 6 N–H and O–H groups in total. The van der Waals surface area contributed by atoms with E-state index in [1.807, 2.05) is 0 Å². The van der Waals surface area contributed by atoms with E-state index in [9.17, 15) is 42.9 Å². The van der Waals surface area contributed by atoms with Gasteiger partial charge in [-0.1, -0.05) is 266 Å². The second-order valence-corrected chi connectivity index (χ2v) is 29.4. The SMILES string of the molecule is CCCCCCCCCCCCCC(=O)N[C@H](COCC[C@@H](CCCCCCC)OC(C)=O)COP(=O)(O)OCCNC(=O)NCCOP(=O)(O)OC[C@@H](COCC[C@@H](CCCCCCC)OC(=O)CCCCCCCCCCC)NC(=O)CCCCCCCCCCCCC. The fourth-order valence-corrected chi connectivity index (χ4v) is 12.9. The van der Waals surface area contributed by atoms with Gasteiger partial charge in [-0.3, -0.25) is 37.3 Å². The maximum Gasteiger partial charge on any atom is 0.472 e. The Morgan fingerprint density at radius 1 is 0.344 bits per heavy atom. The number of carbonyl (C=O) groups is 5. The van der Waals surface area contributed by atoms with E-state index in [0.29, 0.717) is 38.5 Å². The van der Waals surface area contributed by atoms with Gasteiger partial charge in [0.05, 0.1) is 64.9 Å². The summed E-state index contributed by atoms with van der Waals surface area (Å²) in [6, 6.07) is -2.32. The summed E-state index contributed by atoms with van der Waals surface area (Å²) in [4.78, 5) is 85.0. The van der Waals surface area contributed by atoms with E-state index in [0.717, 1.165) is 128 Å². The van der Waals surface area contributed by atoms with Crippen LogP contribution in [0.1, 0.15) is 350 Å². The largest absolute Gasteiger partial charge is 0.472 e. The van der Waals surface area contributed by atoms with Gasteiger partial charge >= 0.3 is 33.6 Å². The van der Waals surface area contributed by atoms with E-state index < -0.39 is 60.2 Å². The Labute approximate surface area is 584 Å². The van der Waals surface area contributed by atoms with Crippen molar-refractivity contribution in [3.8, 4) is 0 Å². The molecule has 0 heterocycles. The number of rotatable bonds is 74. The topological polar surface area (TPSA) is 282 Å². The number of hydrogen-bond acceptors (Lipinski definition) is 15. The fourth-order valence-electron chi connectivity index (χ4n) is 11.3. The fraction of sp³-hybridized carbons (Fsp3) is 0.932. The van der Waals surface area contributed by atoms with Gasteiger partial charge in [0, 0.05) is 52.1 Å². The Balaban J connectivity index is 5.38. The second-order valence-electron chi connectivity index (χ2n) is 26.5. The maximum absolute atomic E-state index is 13.2. The normalized spacial score (nSPS) is 14.1. The Morgan fingerprint density at radius 3 is 0.958 bits per heavy atom. The van der Waals surface area contributed by atoms with Gasteiger partial charge in [-0.25, -0.2) is 13.9 Å².